The van der Waals surface area contributed by atoms with E-state index >= 15 is 0 Å². The second kappa shape index (κ2) is 9.58. The Morgan fingerprint density at radius 3 is 2.71 bits per heavy atom. The Morgan fingerprint density at radius 2 is 1.95 bits per heavy atom. The molecule has 218 valence electrons. The highest BCUT2D eigenvalue weighted by Gasteiger charge is 2.73. The van der Waals surface area contributed by atoms with Gasteiger partial charge in [-0.05, 0) is 85.5 Å². The Balaban J connectivity index is 1.19. The van der Waals surface area contributed by atoms with Crippen molar-refractivity contribution < 1.29 is 19.0 Å². The first-order valence-electron chi connectivity index (χ1n) is 15.6. The summed E-state index contributed by atoms with van der Waals surface area (Å²) >= 11 is 0. The third kappa shape index (κ3) is 3.61. The maximum absolute atomic E-state index is 12.9. The second-order valence-electron chi connectivity index (χ2n) is 13.1. The van der Waals surface area contributed by atoms with Crippen molar-refractivity contribution in [3.63, 3.8) is 0 Å². The molecule has 42 heavy (non-hydrogen) atoms. The summed E-state index contributed by atoms with van der Waals surface area (Å²) in [6.07, 6.45) is 10.3. The van der Waals surface area contributed by atoms with Gasteiger partial charge in [0, 0.05) is 50.8 Å². The van der Waals surface area contributed by atoms with E-state index in [0.717, 1.165) is 61.9 Å². The first-order valence-corrected chi connectivity index (χ1v) is 15.6. The van der Waals surface area contributed by atoms with E-state index < -0.39 is 5.60 Å². The van der Waals surface area contributed by atoms with Crippen LogP contribution >= 0.6 is 0 Å². The average molecular weight is 565 g/mol. The molecule has 3 heterocycles. The van der Waals surface area contributed by atoms with E-state index in [1.54, 1.807) is 13.2 Å². The molecule has 6 nitrogen and oxygen atoms in total. The van der Waals surface area contributed by atoms with Gasteiger partial charge in [0.2, 0.25) is 0 Å². The normalized spacial score (nSPS) is 28.8. The third-order valence-corrected chi connectivity index (χ3v) is 11.1. The van der Waals surface area contributed by atoms with E-state index in [-0.39, 0.29) is 17.3 Å². The molecule has 8 rings (SSSR count). The zero-order chi connectivity index (χ0) is 28.6. The molecule has 4 atom stereocenters. The zero-order valence-corrected chi connectivity index (χ0v) is 24.9. The molecule has 2 bridgehead atoms. The van der Waals surface area contributed by atoms with E-state index in [1.807, 2.05) is 31.4 Å². The minimum absolute atomic E-state index is 0.143. The van der Waals surface area contributed by atoms with Gasteiger partial charge in [0.25, 0.3) is 0 Å². The predicted molar refractivity (Wildman–Crippen MR) is 162 cm³/mol. The number of likely N-dealkylation sites (tertiary alicyclic amines) is 1. The van der Waals surface area contributed by atoms with E-state index in [0.29, 0.717) is 12.5 Å². The van der Waals surface area contributed by atoms with Gasteiger partial charge in [0.1, 0.15) is 5.60 Å². The van der Waals surface area contributed by atoms with Gasteiger partial charge >= 0.3 is 0 Å². The Labute approximate surface area is 248 Å². The number of hydrogen-bond acceptors (Lipinski definition) is 5. The molecule has 1 saturated heterocycles. The monoisotopic (exact) mass is 564 g/mol. The van der Waals surface area contributed by atoms with Crippen molar-refractivity contribution in [2.75, 3.05) is 27.3 Å². The molecule has 1 unspecified atom stereocenters. The quantitative estimate of drug-likeness (QED) is 0.317. The lowest BCUT2D eigenvalue weighted by Gasteiger charge is -2.64. The fourth-order valence-electron chi connectivity index (χ4n) is 8.97. The average Bonchev–Trinajstić information content (AvgIpc) is 3.69. The van der Waals surface area contributed by atoms with Crippen molar-refractivity contribution in [3.05, 3.63) is 88.2 Å². The number of ketones is 1. The molecule has 0 N–H and O–H groups in total. The topological polar surface area (TPSA) is 52.9 Å². The number of fused-ring (bicyclic) bond motifs is 2. The van der Waals surface area contributed by atoms with Crippen LogP contribution in [0.15, 0.2) is 54.6 Å². The smallest absolute Gasteiger partial charge is 0.166 e. The Morgan fingerprint density at radius 1 is 1.12 bits per heavy atom. The molecule has 6 heteroatoms. The lowest BCUT2D eigenvalue weighted by atomic mass is 9.49. The first kappa shape index (κ1) is 26.3. The van der Waals surface area contributed by atoms with Gasteiger partial charge in [-0.2, -0.15) is 0 Å². The van der Waals surface area contributed by atoms with Gasteiger partial charge in [0.15, 0.2) is 23.4 Å². The van der Waals surface area contributed by atoms with Crippen molar-refractivity contribution in [1.29, 1.82) is 0 Å². The number of aryl methyl sites for hydroxylation is 1. The van der Waals surface area contributed by atoms with Crippen LogP contribution in [0.2, 0.25) is 0 Å². The Bertz CT molecular complexity index is 1590. The molecule has 5 aliphatic rings. The van der Waals surface area contributed by atoms with Crippen LogP contribution in [0.4, 0.5) is 0 Å². The highest BCUT2D eigenvalue weighted by atomic mass is 16.5. The van der Waals surface area contributed by atoms with Crippen LogP contribution in [0.5, 0.6) is 11.5 Å². The van der Waals surface area contributed by atoms with Crippen LogP contribution in [0.1, 0.15) is 65.4 Å². The number of benzene rings is 2. The molecule has 2 fully saturated rings. The summed E-state index contributed by atoms with van der Waals surface area (Å²) in [4.78, 5) is 15.6. The first-order chi connectivity index (χ1) is 20.5. The predicted octanol–water partition coefficient (Wildman–Crippen LogP) is 5.60. The van der Waals surface area contributed by atoms with Gasteiger partial charge in [-0.1, -0.05) is 36.4 Å². The van der Waals surface area contributed by atoms with Crippen molar-refractivity contribution in [3.8, 4) is 11.5 Å². The minimum atomic E-state index is -0.393. The van der Waals surface area contributed by atoms with Gasteiger partial charge in [-0.25, -0.2) is 0 Å². The number of rotatable bonds is 9. The summed E-state index contributed by atoms with van der Waals surface area (Å²) < 4.78 is 22.0. The lowest BCUT2D eigenvalue weighted by Crippen LogP contribution is -2.75. The van der Waals surface area contributed by atoms with Crippen LogP contribution in [0, 0.1) is 5.92 Å². The summed E-state index contributed by atoms with van der Waals surface area (Å²) in [5.41, 5.74) is 6.72. The molecule has 0 amide bonds. The van der Waals surface area contributed by atoms with Crippen LogP contribution < -0.4 is 9.47 Å². The van der Waals surface area contributed by atoms with Gasteiger partial charge < -0.3 is 18.8 Å². The maximum atomic E-state index is 12.9. The number of piperidine rings is 1. The molecule has 2 aliphatic heterocycles. The van der Waals surface area contributed by atoms with Crippen molar-refractivity contribution in [2.24, 2.45) is 13.0 Å². The summed E-state index contributed by atoms with van der Waals surface area (Å²) in [7, 11) is 5.78. The van der Waals surface area contributed by atoms with E-state index in [4.69, 9.17) is 14.2 Å². The van der Waals surface area contributed by atoms with Gasteiger partial charge in [-0.15, -0.1) is 0 Å². The summed E-state index contributed by atoms with van der Waals surface area (Å²) in [6.45, 7) is 2.22. The SMILES string of the molecule is COc1ccc2c3c1OC1c4c(cc(/C=C/C(=O)CCc5ccccc5)n4C)C[C@@]4(OC)[C@@H](C2)N(CC2CC2)CC[C@]314. The maximum Gasteiger partial charge on any atom is 0.166 e. The van der Waals surface area contributed by atoms with Crippen LogP contribution in [0.25, 0.3) is 6.08 Å². The molecule has 1 saturated carbocycles. The third-order valence-electron chi connectivity index (χ3n) is 11.1. The van der Waals surface area contributed by atoms with Crippen LogP contribution in [-0.4, -0.2) is 54.2 Å². The van der Waals surface area contributed by atoms with Crippen molar-refractivity contribution >= 4 is 11.9 Å². The molecule has 3 aliphatic carbocycles. The molecule has 3 aromatic rings. The second-order valence-corrected chi connectivity index (χ2v) is 13.1. The van der Waals surface area contributed by atoms with Crippen LogP contribution in [0.3, 0.4) is 0 Å². The molecule has 1 aromatic heterocycles. The number of carbonyl (C=O) groups excluding carboxylic acids is 1. The largest absolute Gasteiger partial charge is 0.493 e. The fraction of sp³-hybridized carbons (Fsp3) is 0.472. The van der Waals surface area contributed by atoms with Crippen LogP contribution in [-0.2, 0) is 41.3 Å². The molecule has 0 radical (unpaired) electrons. The Kier molecular flexibility index (Phi) is 6.00. The number of carbonyl (C=O) groups is 1. The zero-order valence-electron chi connectivity index (χ0n) is 24.9. The van der Waals surface area contributed by atoms with Gasteiger partial charge in [-0.3, -0.25) is 9.69 Å². The standard InChI is InChI=1S/C36H40N2O4/c1-37-27(13-15-28(39)14-11-23-7-5-4-6-8-23)19-26-21-36(41-3)30-20-25-12-16-29(40-2)33-31(25)35(36,34(42-33)32(26)37)17-18-38(30)22-24-9-10-24/h4-8,12-13,15-16,19,24,30,34H,9-11,14,17-18,20-22H2,1-3H3/b15-13+/t30-,34?,35+,36-/m1/s1. The highest BCUT2D eigenvalue weighted by molar-refractivity contribution is 5.93. The van der Waals surface area contributed by atoms with E-state index in [9.17, 15) is 4.79 Å². The number of methoxy groups -OCH3 is 2. The molecule has 1 spiro atoms. The molecule has 2 aromatic carbocycles. The summed E-state index contributed by atoms with van der Waals surface area (Å²) in [5.74, 6) is 2.67. The number of hydrogen-bond donors (Lipinski definition) is 0. The van der Waals surface area contributed by atoms with E-state index in [1.165, 1.54) is 40.8 Å². The number of aromatic nitrogens is 1. The Hall–Kier alpha value is -3.35. The van der Waals surface area contributed by atoms with Crippen molar-refractivity contribution in [1.82, 2.24) is 9.47 Å². The molecular weight excluding hydrogens is 524 g/mol. The summed E-state index contributed by atoms with van der Waals surface area (Å²) in [6, 6.07) is 17.1. The van der Waals surface area contributed by atoms with E-state index in [2.05, 4.69) is 46.8 Å². The number of allylic oxidation sites excluding steroid dienone is 1. The van der Waals surface area contributed by atoms with Gasteiger partial charge in [0.05, 0.1) is 18.2 Å². The van der Waals surface area contributed by atoms with Crippen molar-refractivity contribution in [2.45, 2.75) is 68.1 Å². The highest BCUT2D eigenvalue weighted by Crippen LogP contribution is 2.70. The number of ether oxygens (including phenoxy) is 3. The molecular formula is C36H40N2O4. The minimum Gasteiger partial charge on any atom is -0.493 e. The summed E-state index contributed by atoms with van der Waals surface area (Å²) in [5, 5.41) is 0. The fourth-order valence-corrected chi connectivity index (χ4v) is 8.97. The lowest BCUT2D eigenvalue weighted by molar-refractivity contribution is -0.191. The number of nitrogens with zero attached hydrogens (tertiary/aromatic N) is 2.